The lowest BCUT2D eigenvalue weighted by molar-refractivity contribution is -0.117. The highest BCUT2D eigenvalue weighted by atomic mass is 16.5. The van der Waals surface area contributed by atoms with Gasteiger partial charge < -0.3 is 20.1 Å². The molecule has 0 aliphatic carbocycles. The summed E-state index contributed by atoms with van der Waals surface area (Å²) in [5.74, 6) is 1.67. The molecule has 2 aromatic rings. The third-order valence-corrected chi connectivity index (χ3v) is 3.91. The largest absolute Gasteiger partial charge is 0.493 e. The molecule has 1 aliphatic heterocycles. The number of aryl methyl sites for hydroxylation is 1. The second-order valence-electron chi connectivity index (χ2n) is 5.78. The Morgan fingerprint density at radius 3 is 2.83 bits per heavy atom. The van der Waals surface area contributed by atoms with Gasteiger partial charge >= 0.3 is 0 Å². The van der Waals surface area contributed by atoms with E-state index in [2.05, 4.69) is 15.6 Å². The molecule has 1 amide bonds. The fraction of sp³-hybridized carbons (Fsp3) is 0.333. The van der Waals surface area contributed by atoms with Crippen molar-refractivity contribution in [1.29, 1.82) is 0 Å². The van der Waals surface area contributed by atoms with Crippen LogP contribution < -0.4 is 20.1 Å². The van der Waals surface area contributed by atoms with E-state index in [0.29, 0.717) is 23.1 Å². The van der Waals surface area contributed by atoms with Gasteiger partial charge in [-0.25, -0.2) is 4.98 Å². The number of nitrogens with zero attached hydrogens (tertiary/aromatic N) is 1. The van der Waals surface area contributed by atoms with Gasteiger partial charge in [0, 0.05) is 6.07 Å². The van der Waals surface area contributed by atoms with Crippen LogP contribution in [0.15, 0.2) is 36.5 Å². The van der Waals surface area contributed by atoms with Gasteiger partial charge in [0.25, 0.3) is 0 Å². The first-order valence-electron chi connectivity index (χ1n) is 7.98. The second-order valence-corrected chi connectivity index (χ2v) is 5.78. The van der Waals surface area contributed by atoms with Gasteiger partial charge in [-0.1, -0.05) is 6.07 Å². The highest BCUT2D eigenvalue weighted by molar-refractivity contribution is 5.94. The average Bonchev–Trinajstić information content (AvgIpc) is 3.13. The fourth-order valence-electron chi connectivity index (χ4n) is 2.62. The molecule has 126 valence electrons. The molecule has 1 aliphatic rings. The summed E-state index contributed by atoms with van der Waals surface area (Å²) in [6, 6.07) is 9.07. The molecule has 1 atom stereocenters. The van der Waals surface area contributed by atoms with Crippen LogP contribution in [0.1, 0.15) is 18.4 Å². The molecule has 1 aromatic carbocycles. The Bertz CT molecular complexity index is 710. The van der Waals surface area contributed by atoms with Crippen molar-refractivity contribution in [3.8, 4) is 17.4 Å². The summed E-state index contributed by atoms with van der Waals surface area (Å²) >= 11 is 0. The molecule has 24 heavy (non-hydrogen) atoms. The molecule has 1 saturated heterocycles. The molecule has 1 fully saturated rings. The first kappa shape index (κ1) is 16.3. The van der Waals surface area contributed by atoms with Crippen molar-refractivity contribution < 1.29 is 14.3 Å². The van der Waals surface area contributed by atoms with Crippen molar-refractivity contribution in [2.24, 2.45) is 0 Å². The third-order valence-electron chi connectivity index (χ3n) is 3.91. The summed E-state index contributed by atoms with van der Waals surface area (Å²) < 4.78 is 11.1. The van der Waals surface area contributed by atoms with Crippen molar-refractivity contribution in [3.05, 3.63) is 42.1 Å². The number of hydrogen-bond acceptors (Lipinski definition) is 5. The minimum atomic E-state index is -0.113. The Kier molecular flexibility index (Phi) is 4.96. The molecule has 1 aromatic heterocycles. The van der Waals surface area contributed by atoms with E-state index in [9.17, 15) is 4.79 Å². The molecule has 0 bridgehead atoms. The number of methoxy groups -OCH3 is 1. The van der Waals surface area contributed by atoms with Gasteiger partial charge in [0.2, 0.25) is 11.8 Å². The van der Waals surface area contributed by atoms with Crippen LogP contribution in [0.3, 0.4) is 0 Å². The highest BCUT2D eigenvalue weighted by Gasteiger charge is 2.21. The first-order chi connectivity index (χ1) is 11.7. The minimum Gasteiger partial charge on any atom is -0.493 e. The number of carbonyl (C=O) groups is 1. The van der Waals surface area contributed by atoms with Gasteiger partial charge in [-0.3, -0.25) is 4.79 Å². The molecule has 1 unspecified atom stereocenters. The number of amides is 1. The standard InChI is InChI=1S/C18H21N3O3/c1-12-5-7-15(16(10-12)23-2)24-17-8-6-13(11-20-17)21-18(22)14-4-3-9-19-14/h5-8,10-11,14,19H,3-4,9H2,1-2H3,(H,21,22). The van der Waals surface area contributed by atoms with Gasteiger partial charge in [0.05, 0.1) is 25.0 Å². The minimum absolute atomic E-state index is 0.0248. The molecule has 2 N–H and O–H groups in total. The van der Waals surface area contributed by atoms with Crippen molar-refractivity contribution in [2.75, 3.05) is 19.0 Å². The Hall–Kier alpha value is -2.60. The maximum Gasteiger partial charge on any atom is 0.241 e. The second kappa shape index (κ2) is 7.31. The zero-order valence-electron chi connectivity index (χ0n) is 13.8. The van der Waals surface area contributed by atoms with Crippen LogP contribution >= 0.6 is 0 Å². The van der Waals surface area contributed by atoms with Crippen LogP contribution in [-0.4, -0.2) is 30.6 Å². The summed E-state index contributed by atoms with van der Waals surface area (Å²) in [5.41, 5.74) is 1.74. The van der Waals surface area contributed by atoms with E-state index in [1.54, 1.807) is 25.4 Å². The Morgan fingerprint density at radius 1 is 1.29 bits per heavy atom. The van der Waals surface area contributed by atoms with Gasteiger partial charge in [0.15, 0.2) is 11.5 Å². The van der Waals surface area contributed by atoms with E-state index in [4.69, 9.17) is 9.47 Å². The molecule has 0 spiro atoms. The predicted octanol–water partition coefficient (Wildman–Crippen LogP) is 2.88. The Morgan fingerprint density at radius 2 is 2.17 bits per heavy atom. The fourth-order valence-corrected chi connectivity index (χ4v) is 2.62. The van der Waals surface area contributed by atoms with Crippen molar-refractivity contribution >= 4 is 11.6 Å². The normalized spacial score (nSPS) is 16.7. The summed E-state index contributed by atoms with van der Waals surface area (Å²) in [4.78, 5) is 16.3. The van der Waals surface area contributed by atoms with Crippen molar-refractivity contribution in [3.63, 3.8) is 0 Å². The van der Waals surface area contributed by atoms with E-state index in [1.807, 2.05) is 25.1 Å². The molecular formula is C18H21N3O3. The van der Waals surface area contributed by atoms with Crippen LogP contribution in [0.2, 0.25) is 0 Å². The number of rotatable bonds is 5. The zero-order chi connectivity index (χ0) is 16.9. The van der Waals surface area contributed by atoms with E-state index < -0.39 is 0 Å². The van der Waals surface area contributed by atoms with Crippen molar-refractivity contribution in [1.82, 2.24) is 10.3 Å². The predicted molar refractivity (Wildman–Crippen MR) is 91.7 cm³/mol. The zero-order valence-corrected chi connectivity index (χ0v) is 13.8. The molecule has 2 heterocycles. The topological polar surface area (TPSA) is 72.5 Å². The van der Waals surface area contributed by atoms with Crippen molar-refractivity contribution in [2.45, 2.75) is 25.8 Å². The third kappa shape index (κ3) is 3.83. The van der Waals surface area contributed by atoms with Crippen LogP contribution in [0.5, 0.6) is 17.4 Å². The lowest BCUT2D eigenvalue weighted by Crippen LogP contribution is -2.35. The number of ether oxygens (including phenoxy) is 2. The Labute approximate surface area is 141 Å². The number of benzene rings is 1. The molecule has 0 saturated carbocycles. The Balaban J connectivity index is 1.65. The van der Waals surface area contributed by atoms with Gasteiger partial charge in [0.1, 0.15) is 0 Å². The van der Waals surface area contributed by atoms with E-state index in [1.165, 1.54) is 0 Å². The average molecular weight is 327 g/mol. The number of hydrogen-bond donors (Lipinski definition) is 2. The molecule has 3 rings (SSSR count). The summed E-state index contributed by atoms with van der Waals surface area (Å²) in [6.07, 6.45) is 3.48. The maximum atomic E-state index is 12.1. The monoisotopic (exact) mass is 327 g/mol. The lowest BCUT2D eigenvalue weighted by atomic mass is 10.2. The molecule has 0 radical (unpaired) electrons. The van der Waals surface area contributed by atoms with Crippen LogP contribution in [-0.2, 0) is 4.79 Å². The number of anilines is 1. The first-order valence-corrected chi connectivity index (χ1v) is 7.98. The molecular weight excluding hydrogens is 306 g/mol. The summed E-state index contributed by atoms with van der Waals surface area (Å²) in [7, 11) is 1.60. The number of carbonyl (C=O) groups excluding carboxylic acids is 1. The maximum absolute atomic E-state index is 12.1. The molecule has 6 nitrogen and oxygen atoms in total. The molecule has 6 heteroatoms. The summed E-state index contributed by atoms with van der Waals surface area (Å²) in [5, 5.41) is 6.03. The van der Waals surface area contributed by atoms with Gasteiger partial charge in [-0.05, 0) is 50.1 Å². The smallest absolute Gasteiger partial charge is 0.241 e. The lowest BCUT2D eigenvalue weighted by Gasteiger charge is -2.12. The van der Waals surface area contributed by atoms with Gasteiger partial charge in [-0.2, -0.15) is 0 Å². The van der Waals surface area contributed by atoms with Crippen LogP contribution in [0.4, 0.5) is 5.69 Å². The quantitative estimate of drug-likeness (QED) is 0.883. The highest BCUT2D eigenvalue weighted by Crippen LogP contribution is 2.31. The number of aromatic nitrogens is 1. The number of nitrogens with one attached hydrogen (secondary N) is 2. The van der Waals surface area contributed by atoms with E-state index in [-0.39, 0.29) is 11.9 Å². The van der Waals surface area contributed by atoms with E-state index >= 15 is 0 Å². The number of pyridine rings is 1. The van der Waals surface area contributed by atoms with Crippen LogP contribution in [0.25, 0.3) is 0 Å². The van der Waals surface area contributed by atoms with Gasteiger partial charge in [-0.15, -0.1) is 0 Å². The summed E-state index contributed by atoms with van der Waals surface area (Å²) in [6.45, 7) is 2.88. The van der Waals surface area contributed by atoms with Crippen LogP contribution in [0, 0.1) is 6.92 Å². The SMILES string of the molecule is COc1cc(C)ccc1Oc1ccc(NC(=O)C2CCCN2)cn1. The van der Waals surface area contributed by atoms with E-state index in [0.717, 1.165) is 24.9 Å².